The Morgan fingerprint density at radius 3 is 2.90 bits per heavy atom. The van der Waals surface area contributed by atoms with Gasteiger partial charge in [-0.3, -0.25) is 4.68 Å². The van der Waals surface area contributed by atoms with Gasteiger partial charge in [0.25, 0.3) is 0 Å². The van der Waals surface area contributed by atoms with Crippen LogP contribution < -0.4 is 10.6 Å². The minimum atomic E-state index is -0.557. The smallest absolute Gasteiger partial charge is 0.319 e. The first-order valence-corrected chi connectivity index (χ1v) is 6.86. The Morgan fingerprint density at radius 1 is 1.43 bits per heavy atom. The van der Waals surface area contributed by atoms with E-state index in [0.717, 1.165) is 11.3 Å². The van der Waals surface area contributed by atoms with Gasteiger partial charge in [0.15, 0.2) is 0 Å². The van der Waals surface area contributed by atoms with Crippen LogP contribution in [0.1, 0.15) is 24.3 Å². The SMILES string of the molecule is CC(O)c1cccc(NC(=O)NCCc2ccn(C)n2)c1. The molecule has 0 saturated carbocycles. The summed E-state index contributed by atoms with van der Waals surface area (Å²) in [5, 5.41) is 19.3. The topological polar surface area (TPSA) is 79.2 Å². The molecule has 1 aromatic heterocycles. The van der Waals surface area contributed by atoms with Gasteiger partial charge in [0.2, 0.25) is 0 Å². The van der Waals surface area contributed by atoms with Crippen LogP contribution in [-0.4, -0.2) is 27.5 Å². The maximum atomic E-state index is 11.8. The van der Waals surface area contributed by atoms with E-state index >= 15 is 0 Å². The van der Waals surface area contributed by atoms with Gasteiger partial charge in [0.05, 0.1) is 11.8 Å². The maximum absolute atomic E-state index is 11.8. The zero-order valence-corrected chi connectivity index (χ0v) is 12.2. The summed E-state index contributed by atoms with van der Waals surface area (Å²) in [5.74, 6) is 0. The van der Waals surface area contributed by atoms with Crippen molar-refractivity contribution in [3.63, 3.8) is 0 Å². The third-order valence-electron chi connectivity index (χ3n) is 3.06. The molecular weight excluding hydrogens is 268 g/mol. The van der Waals surface area contributed by atoms with E-state index in [1.54, 1.807) is 29.8 Å². The third kappa shape index (κ3) is 4.61. The summed E-state index contributed by atoms with van der Waals surface area (Å²) in [6, 6.07) is 8.80. The zero-order valence-electron chi connectivity index (χ0n) is 12.2. The number of benzene rings is 1. The minimum absolute atomic E-state index is 0.270. The average Bonchev–Trinajstić information content (AvgIpc) is 2.84. The van der Waals surface area contributed by atoms with Crippen molar-refractivity contribution in [3.8, 4) is 0 Å². The van der Waals surface area contributed by atoms with Gasteiger partial charge < -0.3 is 15.7 Å². The normalized spacial score (nSPS) is 12.0. The quantitative estimate of drug-likeness (QED) is 0.785. The van der Waals surface area contributed by atoms with E-state index in [-0.39, 0.29) is 6.03 Å². The van der Waals surface area contributed by atoms with E-state index in [1.165, 1.54) is 0 Å². The van der Waals surface area contributed by atoms with Crippen LogP contribution in [0.4, 0.5) is 10.5 Å². The van der Waals surface area contributed by atoms with Gasteiger partial charge in [-0.2, -0.15) is 5.10 Å². The monoisotopic (exact) mass is 288 g/mol. The van der Waals surface area contributed by atoms with Crippen LogP contribution in [0.25, 0.3) is 0 Å². The maximum Gasteiger partial charge on any atom is 0.319 e. The third-order valence-corrected chi connectivity index (χ3v) is 3.06. The molecule has 1 atom stereocenters. The van der Waals surface area contributed by atoms with Crippen LogP contribution in [0.5, 0.6) is 0 Å². The number of carbonyl (C=O) groups is 1. The Hall–Kier alpha value is -2.34. The standard InChI is InChI=1S/C15H20N4O2/c1-11(20)12-4-3-5-14(10-12)17-15(21)16-8-6-13-7-9-19(2)18-13/h3-5,7,9-11,20H,6,8H2,1-2H3,(H2,16,17,21). The number of anilines is 1. The second-order valence-corrected chi connectivity index (χ2v) is 4.91. The first kappa shape index (κ1) is 15.1. The van der Waals surface area contributed by atoms with Crippen LogP contribution in [0.3, 0.4) is 0 Å². The molecule has 0 aliphatic rings. The molecule has 0 radical (unpaired) electrons. The van der Waals surface area contributed by atoms with Crippen LogP contribution in [0, 0.1) is 0 Å². The molecule has 0 spiro atoms. The molecule has 0 fully saturated rings. The van der Waals surface area contributed by atoms with E-state index < -0.39 is 6.10 Å². The lowest BCUT2D eigenvalue weighted by Crippen LogP contribution is -2.30. The molecule has 2 amide bonds. The molecule has 2 aromatic rings. The molecular formula is C15H20N4O2. The number of carbonyl (C=O) groups excluding carboxylic acids is 1. The molecule has 1 heterocycles. The molecule has 21 heavy (non-hydrogen) atoms. The van der Waals surface area contributed by atoms with Crippen LogP contribution in [0.15, 0.2) is 36.5 Å². The molecule has 0 aliphatic carbocycles. The van der Waals surface area contributed by atoms with Gasteiger partial charge in [-0.1, -0.05) is 12.1 Å². The number of aryl methyl sites for hydroxylation is 1. The molecule has 6 heteroatoms. The fourth-order valence-corrected chi connectivity index (χ4v) is 1.95. The summed E-state index contributed by atoms with van der Waals surface area (Å²) in [6.45, 7) is 2.20. The Kier molecular flexibility index (Phi) is 4.94. The molecule has 112 valence electrons. The Balaban J connectivity index is 1.80. The van der Waals surface area contributed by atoms with Crippen LogP contribution >= 0.6 is 0 Å². The summed E-state index contributed by atoms with van der Waals surface area (Å²) in [6.07, 6.45) is 2.00. The van der Waals surface area contributed by atoms with Crippen molar-refractivity contribution in [1.82, 2.24) is 15.1 Å². The fraction of sp³-hybridized carbons (Fsp3) is 0.333. The van der Waals surface area contributed by atoms with Crippen LogP contribution in [0.2, 0.25) is 0 Å². The molecule has 0 saturated heterocycles. The molecule has 6 nitrogen and oxygen atoms in total. The predicted octanol–water partition coefficient (Wildman–Crippen LogP) is 1.84. The number of aromatic nitrogens is 2. The number of hydrogen-bond acceptors (Lipinski definition) is 3. The van der Waals surface area contributed by atoms with E-state index in [2.05, 4.69) is 15.7 Å². The average molecular weight is 288 g/mol. The summed E-state index contributed by atoms with van der Waals surface area (Å²) in [5.41, 5.74) is 2.36. The Bertz CT molecular complexity index is 607. The highest BCUT2D eigenvalue weighted by Gasteiger charge is 2.05. The lowest BCUT2D eigenvalue weighted by atomic mass is 10.1. The summed E-state index contributed by atoms with van der Waals surface area (Å²) >= 11 is 0. The van der Waals surface area contributed by atoms with Gasteiger partial charge in [0, 0.05) is 31.9 Å². The highest BCUT2D eigenvalue weighted by atomic mass is 16.3. The van der Waals surface area contributed by atoms with Crippen molar-refractivity contribution < 1.29 is 9.90 Å². The number of hydrogen-bond donors (Lipinski definition) is 3. The second kappa shape index (κ2) is 6.90. The second-order valence-electron chi connectivity index (χ2n) is 4.91. The van der Waals surface area contributed by atoms with Crippen molar-refractivity contribution in [3.05, 3.63) is 47.8 Å². The van der Waals surface area contributed by atoms with E-state index in [0.29, 0.717) is 18.7 Å². The molecule has 2 rings (SSSR count). The fourth-order valence-electron chi connectivity index (χ4n) is 1.95. The van der Waals surface area contributed by atoms with Crippen molar-refractivity contribution in [2.75, 3.05) is 11.9 Å². The van der Waals surface area contributed by atoms with E-state index in [4.69, 9.17) is 0 Å². The first-order chi connectivity index (χ1) is 10.0. The summed E-state index contributed by atoms with van der Waals surface area (Å²) < 4.78 is 1.73. The van der Waals surface area contributed by atoms with Gasteiger partial charge in [-0.15, -0.1) is 0 Å². The van der Waals surface area contributed by atoms with Crippen molar-refractivity contribution in [1.29, 1.82) is 0 Å². The van der Waals surface area contributed by atoms with Gasteiger partial charge >= 0.3 is 6.03 Å². The van der Waals surface area contributed by atoms with Crippen molar-refractivity contribution in [2.24, 2.45) is 7.05 Å². The predicted molar refractivity (Wildman–Crippen MR) is 81.0 cm³/mol. The van der Waals surface area contributed by atoms with Crippen LogP contribution in [-0.2, 0) is 13.5 Å². The number of aliphatic hydroxyl groups excluding tert-OH is 1. The molecule has 1 unspecified atom stereocenters. The highest BCUT2D eigenvalue weighted by molar-refractivity contribution is 5.89. The molecule has 0 aliphatic heterocycles. The number of nitrogens with zero attached hydrogens (tertiary/aromatic N) is 2. The summed E-state index contributed by atoms with van der Waals surface area (Å²) in [4.78, 5) is 11.8. The molecule has 3 N–H and O–H groups in total. The number of urea groups is 1. The highest BCUT2D eigenvalue weighted by Crippen LogP contribution is 2.16. The largest absolute Gasteiger partial charge is 0.389 e. The van der Waals surface area contributed by atoms with E-state index in [1.807, 2.05) is 25.4 Å². The molecule has 0 bridgehead atoms. The van der Waals surface area contributed by atoms with E-state index in [9.17, 15) is 9.90 Å². The van der Waals surface area contributed by atoms with Gasteiger partial charge in [0.1, 0.15) is 0 Å². The Morgan fingerprint density at radius 2 is 2.24 bits per heavy atom. The number of amides is 2. The zero-order chi connectivity index (χ0) is 15.2. The molecule has 1 aromatic carbocycles. The lowest BCUT2D eigenvalue weighted by Gasteiger charge is -2.10. The number of rotatable bonds is 5. The number of nitrogens with one attached hydrogen (secondary N) is 2. The first-order valence-electron chi connectivity index (χ1n) is 6.86. The minimum Gasteiger partial charge on any atom is -0.389 e. The lowest BCUT2D eigenvalue weighted by molar-refractivity contribution is 0.199. The van der Waals surface area contributed by atoms with Crippen molar-refractivity contribution in [2.45, 2.75) is 19.4 Å². The Labute approximate surface area is 123 Å². The van der Waals surface area contributed by atoms with Gasteiger partial charge in [-0.05, 0) is 30.7 Å². The van der Waals surface area contributed by atoms with Gasteiger partial charge in [-0.25, -0.2) is 4.79 Å². The summed E-state index contributed by atoms with van der Waals surface area (Å²) in [7, 11) is 1.86. The van der Waals surface area contributed by atoms with Crippen molar-refractivity contribution >= 4 is 11.7 Å². The number of aliphatic hydroxyl groups is 1.